The molecular weight excluding hydrogens is 262 g/mol. The number of aromatic nitrogens is 1. The van der Waals surface area contributed by atoms with E-state index in [-0.39, 0.29) is 0 Å². The lowest BCUT2D eigenvalue weighted by Gasteiger charge is -2.44. The molecule has 2 saturated heterocycles. The summed E-state index contributed by atoms with van der Waals surface area (Å²) in [5, 5.41) is 9.79. The maximum absolute atomic E-state index is 9.12. The number of anilines is 1. The summed E-state index contributed by atoms with van der Waals surface area (Å²) in [5.41, 5.74) is 1.15. The van der Waals surface area contributed by atoms with Crippen LogP contribution < -0.4 is 4.90 Å². The minimum atomic E-state index is 0.565. The van der Waals surface area contributed by atoms with Gasteiger partial charge in [-0.15, -0.1) is 0 Å². The van der Waals surface area contributed by atoms with Crippen LogP contribution in [0.25, 0.3) is 0 Å². The summed E-state index contributed by atoms with van der Waals surface area (Å²) < 4.78 is 0. The van der Waals surface area contributed by atoms with Crippen LogP contribution in [0.1, 0.15) is 12.8 Å². The van der Waals surface area contributed by atoms with Crippen LogP contribution in [-0.4, -0.2) is 47.2 Å². The molecular formula is C14H18ClN3O. The molecule has 2 fully saturated rings. The predicted octanol–water partition coefficient (Wildman–Crippen LogP) is 2.46. The van der Waals surface area contributed by atoms with Gasteiger partial charge in [-0.05, 0) is 30.5 Å². The molecule has 2 aliphatic heterocycles. The van der Waals surface area contributed by atoms with Gasteiger partial charge in [0.2, 0.25) is 0 Å². The Morgan fingerprint density at radius 3 is 3.00 bits per heavy atom. The minimum Gasteiger partial charge on any atom is -0.516 e. The van der Waals surface area contributed by atoms with Crippen LogP contribution in [0.2, 0.25) is 5.02 Å². The molecule has 5 heteroatoms. The Balaban J connectivity index is 1.68. The van der Waals surface area contributed by atoms with Crippen LogP contribution in [0.3, 0.4) is 0 Å². The number of hydrogen-bond donors (Lipinski definition) is 1. The minimum absolute atomic E-state index is 0.565. The molecule has 1 unspecified atom stereocenters. The fraction of sp³-hybridized carbons (Fsp3) is 0.500. The highest BCUT2D eigenvalue weighted by molar-refractivity contribution is 6.30. The van der Waals surface area contributed by atoms with Crippen molar-refractivity contribution < 1.29 is 5.11 Å². The molecule has 19 heavy (non-hydrogen) atoms. The Hall–Kier alpha value is -1.26. The third-order valence-corrected chi connectivity index (χ3v) is 4.25. The highest BCUT2D eigenvalue weighted by atomic mass is 35.5. The van der Waals surface area contributed by atoms with Gasteiger partial charge >= 0.3 is 0 Å². The number of aliphatic hydroxyl groups is 1. The summed E-state index contributed by atoms with van der Waals surface area (Å²) in [6.45, 7) is 3.91. The van der Waals surface area contributed by atoms with E-state index in [1.54, 1.807) is 6.20 Å². The van der Waals surface area contributed by atoms with Crippen molar-refractivity contribution in [1.29, 1.82) is 0 Å². The number of piperidine rings is 1. The molecule has 0 bridgehead atoms. The van der Waals surface area contributed by atoms with Crippen LogP contribution in [-0.2, 0) is 0 Å². The van der Waals surface area contributed by atoms with Crippen molar-refractivity contribution >= 4 is 17.4 Å². The Bertz CT molecular complexity index is 474. The first-order chi connectivity index (χ1) is 9.26. The van der Waals surface area contributed by atoms with Crippen LogP contribution in [0.4, 0.5) is 5.82 Å². The topological polar surface area (TPSA) is 39.6 Å². The van der Waals surface area contributed by atoms with E-state index >= 15 is 0 Å². The standard InChI is InChI=1S/C14H18ClN3O/c15-12-2-4-14(16-7-12)18-6-5-17-8-11(10-19)1-3-13(17)9-18/h2,4,7,10,13,19H,1,3,5-6,8-9H2/b11-10-. The van der Waals surface area contributed by atoms with E-state index in [4.69, 9.17) is 16.7 Å². The molecule has 1 aromatic rings. The number of nitrogens with zero attached hydrogens (tertiary/aromatic N) is 3. The van der Waals surface area contributed by atoms with E-state index in [1.165, 1.54) is 6.26 Å². The zero-order valence-corrected chi connectivity index (χ0v) is 11.6. The molecule has 0 saturated carbocycles. The fourth-order valence-corrected chi connectivity index (χ4v) is 3.05. The summed E-state index contributed by atoms with van der Waals surface area (Å²) in [6, 6.07) is 4.44. The van der Waals surface area contributed by atoms with Crippen molar-refractivity contribution in [2.24, 2.45) is 0 Å². The van der Waals surface area contributed by atoms with Crippen LogP contribution in [0, 0.1) is 0 Å². The van der Waals surface area contributed by atoms with Gasteiger partial charge < -0.3 is 10.0 Å². The number of aliphatic hydroxyl groups excluding tert-OH is 1. The first-order valence-electron chi connectivity index (χ1n) is 6.69. The average Bonchev–Trinajstić information content (AvgIpc) is 2.47. The van der Waals surface area contributed by atoms with Gasteiger partial charge in [-0.2, -0.15) is 0 Å². The van der Waals surface area contributed by atoms with Gasteiger partial charge in [0.1, 0.15) is 5.82 Å². The monoisotopic (exact) mass is 279 g/mol. The largest absolute Gasteiger partial charge is 0.516 e. The zero-order chi connectivity index (χ0) is 13.2. The molecule has 0 aromatic carbocycles. The van der Waals surface area contributed by atoms with Gasteiger partial charge in [0.15, 0.2) is 0 Å². The summed E-state index contributed by atoms with van der Waals surface area (Å²) >= 11 is 5.87. The van der Waals surface area contributed by atoms with E-state index in [0.29, 0.717) is 11.1 Å². The Morgan fingerprint density at radius 2 is 2.26 bits per heavy atom. The number of halogens is 1. The third kappa shape index (κ3) is 2.69. The highest BCUT2D eigenvalue weighted by Crippen LogP contribution is 2.26. The molecule has 4 nitrogen and oxygen atoms in total. The van der Waals surface area contributed by atoms with Crippen LogP contribution in [0.5, 0.6) is 0 Å². The molecule has 0 amide bonds. The normalized spacial score (nSPS) is 26.5. The molecule has 0 spiro atoms. The Labute approximate surface area is 118 Å². The molecule has 3 heterocycles. The van der Waals surface area contributed by atoms with E-state index in [1.807, 2.05) is 12.1 Å². The van der Waals surface area contributed by atoms with E-state index < -0.39 is 0 Å². The smallest absolute Gasteiger partial charge is 0.128 e. The van der Waals surface area contributed by atoms with Gasteiger partial charge in [-0.25, -0.2) is 4.98 Å². The van der Waals surface area contributed by atoms with Crippen molar-refractivity contribution in [3.05, 3.63) is 35.2 Å². The van der Waals surface area contributed by atoms with Gasteiger partial charge in [0.25, 0.3) is 0 Å². The number of pyridine rings is 1. The SMILES string of the molecule is O/C=C1/CCC2CN(c3ccc(Cl)cn3)CCN2C1. The second-order valence-electron chi connectivity index (χ2n) is 5.23. The maximum atomic E-state index is 9.12. The Kier molecular flexibility index (Phi) is 3.62. The molecule has 0 radical (unpaired) electrons. The number of hydrogen-bond acceptors (Lipinski definition) is 4. The predicted molar refractivity (Wildman–Crippen MR) is 76.8 cm³/mol. The van der Waals surface area contributed by atoms with Gasteiger partial charge in [-0.1, -0.05) is 11.6 Å². The lowest BCUT2D eigenvalue weighted by atomic mass is 9.96. The maximum Gasteiger partial charge on any atom is 0.128 e. The fourth-order valence-electron chi connectivity index (χ4n) is 2.94. The molecule has 1 aromatic heterocycles. The quantitative estimate of drug-likeness (QED) is 0.802. The molecule has 2 aliphatic rings. The molecule has 3 rings (SSSR count). The summed E-state index contributed by atoms with van der Waals surface area (Å²) in [6.07, 6.45) is 5.09. The number of rotatable bonds is 1. The van der Waals surface area contributed by atoms with Crippen LogP contribution in [0.15, 0.2) is 30.2 Å². The van der Waals surface area contributed by atoms with Crippen LogP contribution >= 0.6 is 11.6 Å². The molecule has 102 valence electrons. The first-order valence-corrected chi connectivity index (χ1v) is 7.07. The lowest BCUT2D eigenvalue weighted by molar-refractivity contribution is 0.158. The third-order valence-electron chi connectivity index (χ3n) is 4.03. The number of fused-ring (bicyclic) bond motifs is 1. The second kappa shape index (κ2) is 5.39. The van der Waals surface area contributed by atoms with Crippen molar-refractivity contribution in [2.75, 3.05) is 31.1 Å². The van der Waals surface area contributed by atoms with Crippen molar-refractivity contribution in [2.45, 2.75) is 18.9 Å². The summed E-state index contributed by atoms with van der Waals surface area (Å²) in [5.74, 6) is 1.01. The molecule has 1 N–H and O–H groups in total. The van der Waals surface area contributed by atoms with Gasteiger partial charge in [0, 0.05) is 38.4 Å². The summed E-state index contributed by atoms with van der Waals surface area (Å²) in [7, 11) is 0. The molecule has 1 atom stereocenters. The first kappa shape index (κ1) is 12.8. The van der Waals surface area contributed by atoms with Crippen molar-refractivity contribution in [3.63, 3.8) is 0 Å². The van der Waals surface area contributed by atoms with Crippen molar-refractivity contribution in [3.8, 4) is 0 Å². The van der Waals surface area contributed by atoms with Gasteiger partial charge in [0.05, 0.1) is 11.3 Å². The highest BCUT2D eigenvalue weighted by Gasteiger charge is 2.31. The van der Waals surface area contributed by atoms with E-state index in [0.717, 1.165) is 50.4 Å². The second-order valence-corrected chi connectivity index (χ2v) is 5.67. The molecule has 0 aliphatic carbocycles. The summed E-state index contributed by atoms with van der Waals surface area (Å²) in [4.78, 5) is 9.18. The number of piperazine rings is 1. The zero-order valence-electron chi connectivity index (χ0n) is 10.8. The average molecular weight is 280 g/mol. The van der Waals surface area contributed by atoms with E-state index in [9.17, 15) is 0 Å². The van der Waals surface area contributed by atoms with Crippen molar-refractivity contribution in [1.82, 2.24) is 9.88 Å². The lowest BCUT2D eigenvalue weighted by Crippen LogP contribution is -2.55. The van der Waals surface area contributed by atoms with Gasteiger partial charge in [-0.3, -0.25) is 4.90 Å². The Morgan fingerprint density at radius 1 is 1.37 bits per heavy atom. The van der Waals surface area contributed by atoms with E-state index in [2.05, 4.69) is 14.8 Å².